The van der Waals surface area contributed by atoms with Crippen LogP contribution < -0.4 is 0 Å². The number of hydrogen-bond acceptors (Lipinski definition) is 3. The molecule has 0 aromatic heterocycles. The molecule has 0 bridgehead atoms. The van der Waals surface area contributed by atoms with Gasteiger partial charge in [-0.1, -0.05) is 29.3 Å². The normalized spacial score (nSPS) is 22.0. The molecule has 0 spiro atoms. The van der Waals surface area contributed by atoms with E-state index in [0.29, 0.717) is 55.5 Å². The average Bonchev–Trinajstić information content (AvgIpc) is 3.82. The van der Waals surface area contributed by atoms with Gasteiger partial charge in [0, 0.05) is 62.6 Å². The van der Waals surface area contributed by atoms with E-state index in [1.165, 1.54) is 12.1 Å². The highest BCUT2D eigenvalue weighted by atomic mass is 35.5. The molecule has 220 valence electrons. The molecule has 2 atom stereocenters. The Bertz CT molecular complexity index is 1310. The molecular formula is C30H32Cl2F3N3O3. The van der Waals surface area contributed by atoms with Crippen LogP contribution in [0, 0.1) is 11.8 Å². The summed E-state index contributed by atoms with van der Waals surface area (Å²) in [5.41, 5.74) is 0.151. The first-order chi connectivity index (χ1) is 19.4. The van der Waals surface area contributed by atoms with Crippen LogP contribution in [-0.4, -0.2) is 71.7 Å². The van der Waals surface area contributed by atoms with Crippen LogP contribution in [-0.2, 0) is 15.8 Å². The van der Waals surface area contributed by atoms with Gasteiger partial charge in [-0.15, -0.1) is 0 Å². The summed E-state index contributed by atoms with van der Waals surface area (Å²) in [6.45, 7) is 1.96. The zero-order chi connectivity index (χ0) is 29.5. The molecule has 2 heterocycles. The van der Waals surface area contributed by atoms with E-state index in [4.69, 9.17) is 23.2 Å². The van der Waals surface area contributed by atoms with Gasteiger partial charge in [0.25, 0.3) is 5.91 Å². The third-order valence-electron chi connectivity index (χ3n) is 8.62. The quantitative estimate of drug-likeness (QED) is 0.410. The Labute approximate surface area is 247 Å². The lowest BCUT2D eigenvalue weighted by Gasteiger charge is -2.44. The molecule has 0 radical (unpaired) electrons. The molecule has 2 aromatic rings. The minimum Gasteiger partial charge on any atom is -0.342 e. The van der Waals surface area contributed by atoms with E-state index in [-0.39, 0.29) is 41.2 Å². The molecule has 3 aliphatic rings. The van der Waals surface area contributed by atoms with Gasteiger partial charge in [-0.05, 0) is 74.1 Å². The second-order valence-corrected chi connectivity index (χ2v) is 12.1. The van der Waals surface area contributed by atoms with Gasteiger partial charge in [0.2, 0.25) is 11.8 Å². The van der Waals surface area contributed by atoms with Crippen LogP contribution in [0.5, 0.6) is 0 Å². The zero-order valence-electron chi connectivity index (χ0n) is 22.7. The van der Waals surface area contributed by atoms with Crippen LogP contribution in [0.1, 0.15) is 59.5 Å². The zero-order valence-corrected chi connectivity index (χ0v) is 24.2. The number of carbonyl (C=O) groups is 3. The number of likely N-dealkylation sites (tertiary alicyclic amines) is 2. The van der Waals surface area contributed by atoms with Gasteiger partial charge >= 0.3 is 6.18 Å². The fourth-order valence-electron chi connectivity index (χ4n) is 6.02. The molecule has 1 saturated carbocycles. The van der Waals surface area contributed by atoms with Gasteiger partial charge in [0.1, 0.15) is 0 Å². The minimum atomic E-state index is -4.49. The molecule has 11 heteroatoms. The first kappa shape index (κ1) is 29.7. The topological polar surface area (TPSA) is 60.9 Å². The molecule has 5 rings (SSSR count). The summed E-state index contributed by atoms with van der Waals surface area (Å²) in [5.74, 6) is -0.448. The maximum Gasteiger partial charge on any atom is 0.416 e. The smallest absolute Gasteiger partial charge is 0.342 e. The van der Waals surface area contributed by atoms with E-state index < -0.39 is 17.6 Å². The monoisotopic (exact) mass is 609 g/mol. The van der Waals surface area contributed by atoms with Crippen LogP contribution in [0.2, 0.25) is 10.0 Å². The summed E-state index contributed by atoms with van der Waals surface area (Å²) in [6, 6.07) is 9.12. The number of likely N-dealkylation sites (N-methyl/N-ethyl adjacent to an activating group) is 1. The van der Waals surface area contributed by atoms with Gasteiger partial charge in [0.15, 0.2) is 0 Å². The lowest BCUT2D eigenvalue weighted by atomic mass is 9.83. The fourth-order valence-corrected chi connectivity index (χ4v) is 6.33. The molecule has 3 fully saturated rings. The number of halogens is 5. The second-order valence-electron chi connectivity index (χ2n) is 11.3. The van der Waals surface area contributed by atoms with Crippen LogP contribution in [0.25, 0.3) is 0 Å². The molecule has 3 amide bonds. The third-order valence-corrected chi connectivity index (χ3v) is 9.36. The van der Waals surface area contributed by atoms with Crippen molar-refractivity contribution in [1.29, 1.82) is 0 Å². The summed E-state index contributed by atoms with van der Waals surface area (Å²) in [6.07, 6.45) is -0.841. The number of alkyl halides is 3. The van der Waals surface area contributed by atoms with Crippen molar-refractivity contribution >= 4 is 40.9 Å². The highest BCUT2D eigenvalue weighted by Gasteiger charge is 2.41. The summed E-state index contributed by atoms with van der Waals surface area (Å²) < 4.78 is 39.1. The van der Waals surface area contributed by atoms with Crippen molar-refractivity contribution in [3.63, 3.8) is 0 Å². The highest BCUT2D eigenvalue weighted by molar-refractivity contribution is 6.42. The lowest BCUT2D eigenvalue weighted by molar-refractivity contribution is -0.142. The minimum absolute atomic E-state index is 0.0451. The maximum atomic E-state index is 13.6. The predicted octanol–water partition coefficient (Wildman–Crippen LogP) is 6.12. The standard InChI is InChI=1S/C30H32Cl2F3N3O3/c1-36(27(39)18-4-7-22(8-5-18)30(33,34)35)26-12-15-38(17-23(26)21-6-9-24(31)25(32)16-21)29(41)20-10-13-37(14-11-20)28(40)19-2-3-19/h4-9,16,19-20,23,26H,2-3,10-15,17H2,1H3/t23-,26+/m0/s1. The molecular weight excluding hydrogens is 578 g/mol. The molecule has 2 saturated heterocycles. The molecule has 1 aliphatic carbocycles. The van der Waals surface area contributed by atoms with Gasteiger partial charge in [0.05, 0.1) is 15.6 Å². The summed E-state index contributed by atoms with van der Waals surface area (Å²) >= 11 is 12.5. The van der Waals surface area contributed by atoms with Gasteiger partial charge in [-0.25, -0.2) is 0 Å². The Morgan fingerprint density at radius 2 is 1.39 bits per heavy atom. The van der Waals surface area contributed by atoms with E-state index >= 15 is 0 Å². The molecule has 2 aromatic carbocycles. The number of carbonyl (C=O) groups excluding carboxylic acids is 3. The van der Waals surface area contributed by atoms with Crippen LogP contribution >= 0.6 is 23.2 Å². The Balaban J connectivity index is 1.32. The number of nitrogens with zero attached hydrogens (tertiary/aromatic N) is 3. The number of piperidine rings is 2. The fraction of sp³-hybridized carbons (Fsp3) is 0.500. The summed E-state index contributed by atoms with van der Waals surface area (Å²) in [7, 11) is 1.64. The largest absolute Gasteiger partial charge is 0.416 e. The number of benzene rings is 2. The Hall–Kier alpha value is -2.78. The number of amides is 3. The van der Waals surface area contributed by atoms with Crippen molar-refractivity contribution in [3.05, 3.63) is 69.2 Å². The Morgan fingerprint density at radius 3 is 1.98 bits per heavy atom. The molecule has 6 nitrogen and oxygen atoms in total. The lowest BCUT2D eigenvalue weighted by Crippen LogP contribution is -2.53. The molecule has 0 unspecified atom stereocenters. The summed E-state index contributed by atoms with van der Waals surface area (Å²) in [4.78, 5) is 44.7. The van der Waals surface area contributed by atoms with Crippen LogP contribution in [0.4, 0.5) is 13.2 Å². The molecule has 41 heavy (non-hydrogen) atoms. The first-order valence-corrected chi connectivity index (χ1v) is 14.7. The van der Waals surface area contributed by atoms with Gasteiger partial charge in [-0.3, -0.25) is 14.4 Å². The first-order valence-electron chi connectivity index (χ1n) is 13.9. The van der Waals surface area contributed by atoms with Crippen molar-refractivity contribution in [1.82, 2.24) is 14.7 Å². The summed E-state index contributed by atoms with van der Waals surface area (Å²) in [5, 5.41) is 0.744. The van der Waals surface area contributed by atoms with E-state index in [1.54, 1.807) is 24.1 Å². The number of rotatable bonds is 5. The van der Waals surface area contributed by atoms with Crippen LogP contribution in [0.3, 0.4) is 0 Å². The maximum absolute atomic E-state index is 13.6. The van der Waals surface area contributed by atoms with E-state index in [1.807, 2.05) is 15.9 Å². The average molecular weight is 611 g/mol. The van der Waals surface area contributed by atoms with Gasteiger partial charge in [-0.2, -0.15) is 13.2 Å². The predicted molar refractivity (Wildman–Crippen MR) is 150 cm³/mol. The van der Waals surface area contributed by atoms with Gasteiger partial charge < -0.3 is 14.7 Å². The second kappa shape index (κ2) is 11.8. The SMILES string of the molecule is CN(C(=O)c1ccc(C(F)(F)F)cc1)[C@@H]1CCN(C(=O)C2CCN(C(=O)C3CC3)CC2)C[C@H]1c1ccc(Cl)c(Cl)c1. The van der Waals surface area contributed by atoms with E-state index in [9.17, 15) is 27.6 Å². The van der Waals surface area contributed by atoms with Crippen LogP contribution in [0.15, 0.2) is 42.5 Å². The van der Waals surface area contributed by atoms with Crippen molar-refractivity contribution in [2.24, 2.45) is 11.8 Å². The van der Waals surface area contributed by atoms with Crippen molar-refractivity contribution in [3.8, 4) is 0 Å². The van der Waals surface area contributed by atoms with Crippen molar-refractivity contribution < 1.29 is 27.6 Å². The van der Waals surface area contributed by atoms with Crippen molar-refractivity contribution in [2.45, 2.75) is 50.2 Å². The van der Waals surface area contributed by atoms with E-state index in [2.05, 4.69) is 0 Å². The third kappa shape index (κ3) is 6.51. The Kier molecular flexibility index (Phi) is 8.58. The molecule has 2 aliphatic heterocycles. The van der Waals surface area contributed by atoms with Crippen molar-refractivity contribution in [2.75, 3.05) is 33.2 Å². The Morgan fingerprint density at radius 1 is 0.805 bits per heavy atom. The highest BCUT2D eigenvalue weighted by Crippen LogP contribution is 2.37. The number of hydrogen-bond donors (Lipinski definition) is 0. The molecule has 0 N–H and O–H groups in total. The van der Waals surface area contributed by atoms with E-state index in [0.717, 1.165) is 30.5 Å².